The Kier molecular flexibility index (Phi) is 5.87. The van der Waals surface area contributed by atoms with Gasteiger partial charge in [0.15, 0.2) is 6.61 Å². The molecule has 0 bridgehead atoms. The zero-order valence-electron chi connectivity index (χ0n) is 13.4. The molecule has 0 saturated heterocycles. The van der Waals surface area contributed by atoms with Gasteiger partial charge < -0.3 is 15.8 Å². The van der Waals surface area contributed by atoms with Crippen LogP contribution in [0.2, 0.25) is 4.34 Å². The molecule has 134 valence electrons. The highest BCUT2D eigenvalue weighted by Crippen LogP contribution is 2.33. The number of carbonyl (C=O) groups excluding carboxylic acids is 2. The van der Waals surface area contributed by atoms with E-state index in [-0.39, 0.29) is 18.9 Å². The van der Waals surface area contributed by atoms with Crippen molar-refractivity contribution in [2.45, 2.75) is 6.42 Å². The number of rotatable bonds is 7. The third kappa shape index (κ3) is 5.04. The van der Waals surface area contributed by atoms with E-state index < -0.39 is 5.91 Å². The zero-order valence-corrected chi connectivity index (χ0v) is 15.8. The first-order valence-electron chi connectivity index (χ1n) is 7.51. The SMILES string of the molecule is NC(=O)COc1ccc(NC(=O)Cc2csc(-c3ccc(Cl)s3)n2)cc1. The Bertz CT molecular complexity index is 921. The highest BCUT2D eigenvalue weighted by molar-refractivity contribution is 7.23. The van der Waals surface area contributed by atoms with E-state index in [0.29, 0.717) is 21.5 Å². The van der Waals surface area contributed by atoms with Crippen LogP contribution in [0.15, 0.2) is 41.8 Å². The van der Waals surface area contributed by atoms with Gasteiger partial charge in [0.2, 0.25) is 5.91 Å². The van der Waals surface area contributed by atoms with Crippen molar-refractivity contribution in [3.8, 4) is 15.6 Å². The molecule has 0 fully saturated rings. The van der Waals surface area contributed by atoms with E-state index in [1.54, 1.807) is 24.3 Å². The molecule has 6 nitrogen and oxygen atoms in total. The molecule has 2 heterocycles. The monoisotopic (exact) mass is 407 g/mol. The Labute approximate surface area is 162 Å². The first kappa shape index (κ1) is 18.4. The second-order valence-electron chi connectivity index (χ2n) is 5.25. The van der Waals surface area contributed by atoms with Gasteiger partial charge in [0, 0.05) is 11.1 Å². The number of amides is 2. The Morgan fingerprint density at radius 2 is 1.96 bits per heavy atom. The fourth-order valence-corrected chi connectivity index (χ4v) is 4.02. The van der Waals surface area contributed by atoms with Crippen LogP contribution in [-0.2, 0) is 16.0 Å². The molecule has 0 spiro atoms. The first-order chi connectivity index (χ1) is 12.5. The summed E-state index contributed by atoms with van der Waals surface area (Å²) >= 11 is 8.87. The van der Waals surface area contributed by atoms with E-state index in [9.17, 15) is 9.59 Å². The Hall–Kier alpha value is -2.42. The van der Waals surface area contributed by atoms with Crippen molar-refractivity contribution in [1.29, 1.82) is 0 Å². The summed E-state index contributed by atoms with van der Waals surface area (Å²) in [7, 11) is 0. The summed E-state index contributed by atoms with van der Waals surface area (Å²) in [6, 6.07) is 10.4. The molecular weight excluding hydrogens is 394 g/mol. The Morgan fingerprint density at radius 3 is 2.62 bits per heavy atom. The van der Waals surface area contributed by atoms with Crippen LogP contribution in [0.4, 0.5) is 5.69 Å². The van der Waals surface area contributed by atoms with Crippen LogP contribution in [0.3, 0.4) is 0 Å². The minimum absolute atomic E-state index is 0.170. The van der Waals surface area contributed by atoms with E-state index in [1.807, 2.05) is 17.5 Å². The number of halogens is 1. The minimum atomic E-state index is -0.546. The number of nitrogens with zero attached hydrogens (tertiary/aromatic N) is 1. The molecule has 0 unspecified atom stereocenters. The fourth-order valence-electron chi connectivity index (χ4n) is 2.09. The predicted octanol–water partition coefficient (Wildman–Crippen LogP) is 3.57. The molecule has 0 aliphatic heterocycles. The van der Waals surface area contributed by atoms with Gasteiger partial charge in [-0.3, -0.25) is 9.59 Å². The topological polar surface area (TPSA) is 94.3 Å². The van der Waals surface area contributed by atoms with Crippen LogP contribution in [0.5, 0.6) is 5.75 Å². The van der Waals surface area contributed by atoms with Crippen LogP contribution in [0.25, 0.3) is 9.88 Å². The van der Waals surface area contributed by atoms with E-state index in [0.717, 1.165) is 9.88 Å². The van der Waals surface area contributed by atoms with Crippen LogP contribution >= 0.6 is 34.3 Å². The zero-order chi connectivity index (χ0) is 18.5. The van der Waals surface area contributed by atoms with Gasteiger partial charge in [0.25, 0.3) is 5.91 Å². The number of anilines is 1. The fraction of sp³-hybridized carbons (Fsp3) is 0.118. The number of carbonyl (C=O) groups is 2. The largest absolute Gasteiger partial charge is 0.484 e. The number of aromatic nitrogens is 1. The standard InChI is InChI=1S/C17H14ClN3O3S2/c18-14-6-5-13(26-14)17-21-11(9-25-17)7-16(23)20-10-1-3-12(4-2-10)24-8-15(19)22/h1-6,9H,7-8H2,(H2,19,22)(H,20,23). The van der Waals surface area contributed by atoms with E-state index in [1.165, 1.54) is 22.7 Å². The van der Waals surface area contributed by atoms with Gasteiger partial charge >= 0.3 is 0 Å². The highest BCUT2D eigenvalue weighted by Gasteiger charge is 2.11. The molecule has 2 amide bonds. The molecule has 3 rings (SSSR count). The number of thiazole rings is 1. The summed E-state index contributed by atoms with van der Waals surface area (Å²) < 4.78 is 5.87. The molecule has 0 aliphatic rings. The quantitative estimate of drug-likeness (QED) is 0.626. The summed E-state index contributed by atoms with van der Waals surface area (Å²) in [4.78, 5) is 28.3. The lowest BCUT2D eigenvalue weighted by atomic mass is 10.2. The smallest absolute Gasteiger partial charge is 0.255 e. The summed E-state index contributed by atoms with van der Waals surface area (Å²) in [6.07, 6.45) is 0.176. The number of thiophene rings is 1. The van der Waals surface area contributed by atoms with Crippen molar-refractivity contribution in [3.63, 3.8) is 0 Å². The lowest BCUT2D eigenvalue weighted by Gasteiger charge is -2.06. The molecule has 3 aromatic rings. The lowest BCUT2D eigenvalue weighted by Crippen LogP contribution is -2.20. The number of hydrogen-bond donors (Lipinski definition) is 2. The summed E-state index contributed by atoms with van der Waals surface area (Å²) in [5.74, 6) is -0.216. The normalized spacial score (nSPS) is 10.5. The maximum Gasteiger partial charge on any atom is 0.255 e. The van der Waals surface area contributed by atoms with Gasteiger partial charge in [-0.05, 0) is 36.4 Å². The molecule has 0 saturated carbocycles. The van der Waals surface area contributed by atoms with Gasteiger partial charge in [-0.15, -0.1) is 22.7 Å². The van der Waals surface area contributed by atoms with E-state index in [2.05, 4.69) is 10.3 Å². The molecule has 0 atom stereocenters. The van der Waals surface area contributed by atoms with Gasteiger partial charge in [0.1, 0.15) is 10.8 Å². The molecule has 1 aromatic carbocycles. The molecule has 26 heavy (non-hydrogen) atoms. The van der Waals surface area contributed by atoms with E-state index in [4.69, 9.17) is 22.1 Å². The van der Waals surface area contributed by atoms with Crippen molar-refractivity contribution in [1.82, 2.24) is 4.98 Å². The number of nitrogens with two attached hydrogens (primary N) is 1. The van der Waals surface area contributed by atoms with Crippen LogP contribution < -0.4 is 15.8 Å². The van der Waals surface area contributed by atoms with E-state index >= 15 is 0 Å². The van der Waals surface area contributed by atoms with Crippen LogP contribution in [0.1, 0.15) is 5.69 Å². The predicted molar refractivity (Wildman–Crippen MR) is 104 cm³/mol. The second-order valence-corrected chi connectivity index (χ2v) is 7.83. The van der Waals surface area contributed by atoms with Gasteiger partial charge in [0.05, 0.1) is 21.3 Å². The van der Waals surface area contributed by atoms with Crippen molar-refractivity contribution in [2.24, 2.45) is 5.73 Å². The average Bonchev–Trinajstić information content (AvgIpc) is 3.23. The maximum atomic E-state index is 12.2. The molecule has 0 radical (unpaired) electrons. The van der Waals surface area contributed by atoms with Gasteiger partial charge in [-0.1, -0.05) is 11.6 Å². The van der Waals surface area contributed by atoms with Crippen molar-refractivity contribution >= 4 is 51.8 Å². The van der Waals surface area contributed by atoms with Gasteiger partial charge in [-0.2, -0.15) is 0 Å². The summed E-state index contributed by atoms with van der Waals surface area (Å²) in [6.45, 7) is -0.187. The lowest BCUT2D eigenvalue weighted by molar-refractivity contribution is -0.120. The number of primary amides is 1. The average molecular weight is 408 g/mol. The summed E-state index contributed by atoms with van der Waals surface area (Å²) in [5, 5.41) is 5.51. The number of benzene rings is 1. The molecule has 3 N–H and O–H groups in total. The highest BCUT2D eigenvalue weighted by atomic mass is 35.5. The molecule has 0 aliphatic carbocycles. The van der Waals surface area contributed by atoms with Crippen LogP contribution in [0, 0.1) is 0 Å². The second kappa shape index (κ2) is 8.31. The summed E-state index contributed by atoms with van der Waals surface area (Å²) in [5.41, 5.74) is 6.35. The molecule has 9 heteroatoms. The van der Waals surface area contributed by atoms with Crippen molar-refractivity contribution < 1.29 is 14.3 Å². The maximum absolute atomic E-state index is 12.2. The first-order valence-corrected chi connectivity index (χ1v) is 9.58. The number of ether oxygens (including phenoxy) is 1. The van der Waals surface area contributed by atoms with Gasteiger partial charge in [-0.25, -0.2) is 4.98 Å². The van der Waals surface area contributed by atoms with Crippen LogP contribution in [-0.4, -0.2) is 23.4 Å². The Morgan fingerprint density at radius 1 is 1.19 bits per heavy atom. The minimum Gasteiger partial charge on any atom is -0.484 e. The number of nitrogens with one attached hydrogen (secondary N) is 1. The third-order valence-corrected chi connectivity index (χ3v) is 5.49. The van der Waals surface area contributed by atoms with Crippen molar-refractivity contribution in [2.75, 3.05) is 11.9 Å². The third-order valence-electron chi connectivity index (χ3n) is 3.20. The Balaban J connectivity index is 1.55. The molecule has 2 aromatic heterocycles. The van der Waals surface area contributed by atoms with Crippen molar-refractivity contribution in [3.05, 3.63) is 51.8 Å². The number of hydrogen-bond acceptors (Lipinski definition) is 6. The molecular formula is C17H14ClN3O3S2.